The van der Waals surface area contributed by atoms with Gasteiger partial charge in [0, 0.05) is 13.0 Å². The summed E-state index contributed by atoms with van der Waals surface area (Å²) in [7, 11) is -7.27. The number of sulfone groups is 1. The van der Waals surface area contributed by atoms with E-state index in [1.54, 1.807) is 12.1 Å². The normalized spacial score (nSPS) is 12.3. The van der Waals surface area contributed by atoms with E-state index in [9.17, 15) is 26.8 Å². The van der Waals surface area contributed by atoms with Crippen molar-refractivity contribution < 1.29 is 31.6 Å². The molecule has 0 fully saturated rings. The molecule has 9 nitrogen and oxygen atoms in total. The number of benzene rings is 2. The zero-order chi connectivity index (χ0) is 26.6. The number of sulfonamides is 1. The number of hydrogen-bond donors (Lipinski definition) is 2. The lowest BCUT2D eigenvalue weighted by Crippen LogP contribution is -2.30. The van der Waals surface area contributed by atoms with Gasteiger partial charge in [-0.05, 0) is 41.8 Å². The molecular formula is C25H32N2O7S2. The zero-order valence-electron chi connectivity index (χ0n) is 20.4. The van der Waals surface area contributed by atoms with Gasteiger partial charge in [-0.25, -0.2) is 26.6 Å². The molecule has 2 aromatic rings. The highest BCUT2D eigenvalue weighted by molar-refractivity contribution is 7.91. The van der Waals surface area contributed by atoms with Crippen molar-refractivity contribution in [3.63, 3.8) is 0 Å². The number of rotatable bonds is 14. The van der Waals surface area contributed by atoms with Gasteiger partial charge < -0.3 is 4.74 Å². The molecule has 36 heavy (non-hydrogen) atoms. The van der Waals surface area contributed by atoms with Crippen molar-refractivity contribution in [1.82, 2.24) is 9.79 Å². The van der Waals surface area contributed by atoms with E-state index in [4.69, 9.17) is 4.74 Å². The maximum Gasteiger partial charge on any atom is 0.233 e. The number of ether oxygens (including phenoxy) is 1. The van der Waals surface area contributed by atoms with E-state index in [0.717, 1.165) is 31.9 Å². The minimum atomic E-state index is -3.89. The molecule has 2 N–H and O–H groups in total. The molecule has 11 heteroatoms. The first-order chi connectivity index (χ1) is 17.1. The second-order valence-electron chi connectivity index (χ2n) is 8.19. The van der Waals surface area contributed by atoms with Crippen LogP contribution in [0, 0.1) is 11.8 Å². The van der Waals surface area contributed by atoms with Crippen LogP contribution in [-0.4, -0.2) is 52.1 Å². The minimum absolute atomic E-state index is 0.0128. The lowest BCUT2D eigenvalue weighted by atomic mass is 10.1. The summed E-state index contributed by atoms with van der Waals surface area (Å²) in [5.41, 5.74) is 0.997. The predicted molar refractivity (Wildman–Crippen MR) is 136 cm³/mol. The fraction of sp³-hybridized carbons (Fsp3) is 0.400. The maximum absolute atomic E-state index is 13.0. The summed E-state index contributed by atoms with van der Waals surface area (Å²) in [6.07, 6.45) is 5.33. The van der Waals surface area contributed by atoms with Gasteiger partial charge in [0.2, 0.25) is 16.4 Å². The second-order valence-corrected chi connectivity index (χ2v) is 12.1. The number of unbranched alkanes of at least 4 members (excludes halogenated alkanes) is 3. The maximum atomic E-state index is 13.0. The van der Waals surface area contributed by atoms with Gasteiger partial charge in [0.25, 0.3) is 0 Å². The molecule has 0 aliphatic carbocycles. The third-order valence-electron chi connectivity index (χ3n) is 5.23. The smallest absolute Gasteiger partial charge is 0.233 e. The Morgan fingerprint density at radius 3 is 2.28 bits per heavy atom. The molecule has 2 aromatic carbocycles. The predicted octanol–water partition coefficient (Wildman–Crippen LogP) is 3.06. The van der Waals surface area contributed by atoms with Crippen molar-refractivity contribution in [2.24, 2.45) is 0 Å². The van der Waals surface area contributed by atoms with Crippen LogP contribution in [0.25, 0.3) is 0 Å². The van der Waals surface area contributed by atoms with E-state index >= 15 is 0 Å². The zero-order valence-corrected chi connectivity index (χ0v) is 22.0. The Labute approximate surface area is 213 Å². The van der Waals surface area contributed by atoms with Crippen molar-refractivity contribution in [3.05, 3.63) is 59.7 Å². The fourth-order valence-electron chi connectivity index (χ4n) is 3.24. The highest BCUT2D eigenvalue weighted by atomic mass is 32.2. The van der Waals surface area contributed by atoms with E-state index < -0.39 is 31.7 Å². The Kier molecular flexibility index (Phi) is 11.4. The van der Waals surface area contributed by atoms with E-state index in [1.807, 2.05) is 0 Å². The van der Waals surface area contributed by atoms with E-state index in [-0.39, 0.29) is 24.5 Å². The van der Waals surface area contributed by atoms with Crippen LogP contribution in [0.2, 0.25) is 0 Å². The molecule has 0 radical (unpaired) electrons. The molecular weight excluding hydrogens is 504 g/mol. The van der Waals surface area contributed by atoms with E-state index in [1.165, 1.54) is 36.4 Å². The van der Waals surface area contributed by atoms with Crippen LogP contribution in [0.5, 0.6) is 5.75 Å². The van der Waals surface area contributed by atoms with Gasteiger partial charge in [-0.15, -0.1) is 0 Å². The Morgan fingerprint density at radius 1 is 1.03 bits per heavy atom. The first-order valence-electron chi connectivity index (χ1n) is 11.4. The Bertz CT molecular complexity index is 1250. The van der Waals surface area contributed by atoms with Crippen LogP contribution in [0.4, 0.5) is 0 Å². The summed E-state index contributed by atoms with van der Waals surface area (Å²) in [5.74, 6) is 5.88. The van der Waals surface area contributed by atoms with E-state index in [2.05, 4.69) is 23.5 Å². The van der Waals surface area contributed by atoms with Gasteiger partial charge in [0.1, 0.15) is 12.4 Å². The second kappa shape index (κ2) is 14.0. The van der Waals surface area contributed by atoms with Crippen molar-refractivity contribution in [2.45, 2.75) is 50.1 Å². The number of carbonyl (C=O) groups excluding carboxylic acids is 1. The highest BCUT2D eigenvalue weighted by Crippen LogP contribution is 2.25. The molecule has 0 spiro atoms. The summed E-state index contributed by atoms with van der Waals surface area (Å²) >= 11 is 0. The molecule has 0 aliphatic rings. The molecule has 0 saturated heterocycles. The first-order valence-corrected chi connectivity index (χ1v) is 15.0. The molecule has 1 atom stereocenters. The van der Waals surface area contributed by atoms with Gasteiger partial charge >= 0.3 is 0 Å². The SMILES string of the molecule is CCCCCC#CCOc1ccc(S(=O)(=O)CC(c2ccc(CNS(C)(=O)=O)cc2)N(O)C=O)cc1. The third-order valence-corrected chi connectivity index (χ3v) is 7.65. The number of amides is 1. The highest BCUT2D eigenvalue weighted by Gasteiger charge is 2.27. The monoisotopic (exact) mass is 536 g/mol. The summed E-state index contributed by atoms with van der Waals surface area (Å²) < 4.78 is 56.4. The molecule has 196 valence electrons. The Morgan fingerprint density at radius 2 is 1.69 bits per heavy atom. The Balaban J connectivity index is 2.07. The van der Waals surface area contributed by atoms with Gasteiger partial charge in [-0.3, -0.25) is 10.0 Å². The van der Waals surface area contributed by atoms with Gasteiger partial charge in [-0.1, -0.05) is 55.9 Å². The molecule has 0 aromatic heterocycles. The molecule has 0 heterocycles. The summed E-state index contributed by atoms with van der Waals surface area (Å²) in [5, 5.41) is 10.4. The quantitative estimate of drug-likeness (QED) is 0.125. The Hall–Kier alpha value is -2.91. The molecule has 1 unspecified atom stereocenters. The van der Waals surface area contributed by atoms with Crippen molar-refractivity contribution in [1.29, 1.82) is 0 Å². The van der Waals surface area contributed by atoms with Crippen molar-refractivity contribution >= 4 is 26.3 Å². The van der Waals surface area contributed by atoms with Crippen LogP contribution in [0.3, 0.4) is 0 Å². The fourth-order valence-corrected chi connectivity index (χ4v) is 5.17. The summed E-state index contributed by atoms with van der Waals surface area (Å²) in [6, 6.07) is 10.9. The largest absolute Gasteiger partial charge is 0.481 e. The van der Waals surface area contributed by atoms with Crippen molar-refractivity contribution in [2.75, 3.05) is 18.6 Å². The lowest BCUT2D eigenvalue weighted by Gasteiger charge is -2.23. The summed E-state index contributed by atoms with van der Waals surface area (Å²) in [6.45, 7) is 2.39. The van der Waals surface area contributed by atoms with Crippen LogP contribution in [0.1, 0.15) is 49.8 Å². The molecule has 2 rings (SSSR count). The van der Waals surface area contributed by atoms with Gasteiger partial charge in [0.15, 0.2) is 9.84 Å². The number of nitrogens with zero attached hydrogens (tertiary/aromatic N) is 1. The average Bonchev–Trinajstić information content (AvgIpc) is 2.85. The molecule has 0 aliphatic heterocycles. The molecule has 1 amide bonds. The van der Waals surface area contributed by atoms with Crippen LogP contribution in [-0.2, 0) is 31.2 Å². The number of hydroxylamine groups is 2. The van der Waals surface area contributed by atoms with Gasteiger partial charge in [0.05, 0.1) is 22.9 Å². The third kappa shape index (κ3) is 9.99. The summed E-state index contributed by atoms with van der Waals surface area (Å²) in [4.78, 5) is 11.3. The number of carbonyl (C=O) groups is 1. The first kappa shape index (κ1) is 29.3. The van der Waals surface area contributed by atoms with Crippen LogP contribution >= 0.6 is 0 Å². The minimum Gasteiger partial charge on any atom is -0.481 e. The lowest BCUT2D eigenvalue weighted by molar-refractivity contribution is -0.158. The van der Waals surface area contributed by atoms with E-state index in [0.29, 0.717) is 21.9 Å². The van der Waals surface area contributed by atoms with Crippen LogP contribution < -0.4 is 9.46 Å². The number of hydrogen-bond acceptors (Lipinski definition) is 7. The topological polar surface area (TPSA) is 130 Å². The average molecular weight is 537 g/mol. The van der Waals surface area contributed by atoms with Gasteiger partial charge in [-0.2, -0.15) is 0 Å². The molecule has 0 saturated carbocycles. The van der Waals surface area contributed by atoms with Crippen molar-refractivity contribution in [3.8, 4) is 17.6 Å². The van der Waals surface area contributed by atoms with Crippen LogP contribution in [0.15, 0.2) is 53.4 Å². The molecule has 0 bridgehead atoms. The number of nitrogens with one attached hydrogen (secondary N) is 1. The standard InChI is InChI=1S/C25H32N2O7S2/c1-3-4-5-6-7-8-17-34-23-13-15-24(16-14-23)36(32,33)19-25(27(29)20-28)22-11-9-21(10-12-22)18-26-35(2,30)31/h9-16,20,25-26,29H,3-6,17-19H2,1-2H3.